The third kappa shape index (κ3) is 4.63. The maximum Gasteiger partial charge on any atom is 0.233 e. The third-order valence-electron chi connectivity index (χ3n) is 3.47. The summed E-state index contributed by atoms with van der Waals surface area (Å²) in [5.41, 5.74) is 1.23. The molecule has 4 nitrogen and oxygen atoms in total. The Labute approximate surface area is 136 Å². The smallest absolute Gasteiger partial charge is 0.233 e. The summed E-state index contributed by atoms with van der Waals surface area (Å²) < 4.78 is 2.08. The molecule has 1 heterocycles. The predicted molar refractivity (Wildman–Crippen MR) is 91.1 cm³/mol. The van der Waals surface area contributed by atoms with E-state index in [1.165, 1.54) is 5.56 Å². The van der Waals surface area contributed by atoms with Crippen LogP contribution in [0.3, 0.4) is 0 Å². The second-order valence-electron chi connectivity index (χ2n) is 5.25. The van der Waals surface area contributed by atoms with Gasteiger partial charge in [0.2, 0.25) is 5.91 Å². The summed E-state index contributed by atoms with van der Waals surface area (Å²) in [6.45, 7) is 7.47. The quantitative estimate of drug-likeness (QED) is 0.798. The molecule has 1 aromatic heterocycles. The molecule has 0 fully saturated rings. The van der Waals surface area contributed by atoms with Crippen molar-refractivity contribution in [1.82, 2.24) is 14.9 Å². The number of amides is 1. The van der Waals surface area contributed by atoms with Gasteiger partial charge in [0.1, 0.15) is 5.82 Å². The van der Waals surface area contributed by atoms with E-state index in [4.69, 9.17) is 0 Å². The molecule has 0 aliphatic carbocycles. The van der Waals surface area contributed by atoms with E-state index in [9.17, 15) is 4.79 Å². The SMILES string of the molecule is CCc1nccn1CCNC(=O)C(C)Sc1ccc(C)cc1. The Balaban J connectivity index is 1.78. The molecule has 1 aromatic carbocycles. The minimum Gasteiger partial charge on any atom is -0.353 e. The van der Waals surface area contributed by atoms with Gasteiger partial charge in [-0.3, -0.25) is 4.79 Å². The molecule has 118 valence electrons. The average molecular weight is 317 g/mol. The van der Waals surface area contributed by atoms with Gasteiger partial charge in [0.05, 0.1) is 5.25 Å². The highest BCUT2D eigenvalue weighted by molar-refractivity contribution is 8.00. The summed E-state index contributed by atoms with van der Waals surface area (Å²) in [6.07, 6.45) is 4.66. The van der Waals surface area contributed by atoms with Gasteiger partial charge in [-0.1, -0.05) is 24.6 Å². The Morgan fingerprint density at radius 2 is 2.09 bits per heavy atom. The van der Waals surface area contributed by atoms with Gasteiger partial charge >= 0.3 is 0 Å². The third-order valence-corrected chi connectivity index (χ3v) is 4.58. The van der Waals surface area contributed by atoms with Gasteiger partial charge < -0.3 is 9.88 Å². The van der Waals surface area contributed by atoms with Crippen molar-refractivity contribution in [3.63, 3.8) is 0 Å². The highest BCUT2D eigenvalue weighted by Gasteiger charge is 2.13. The van der Waals surface area contributed by atoms with Crippen molar-refractivity contribution in [3.05, 3.63) is 48.0 Å². The maximum atomic E-state index is 12.1. The van der Waals surface area contributed by atoms with E-state index in [0.29, 0.717) is 6.54 Å². The van der Waals surface area contributed by atoms with Gasteiger partial charge in [0.15, 0.2) is 0 Å². The zero-order valence-electron chi connectivity index (χ0n) is 13.4. The lowest BCUT2D eigenvalue weighted by atomic mass is 10.2. The van der Waals surface area contributed by atoms with E-state index in [1.54, 1.807) is 18.0 Å². The van der Waals surface area contributed by atoms with E-state index in [0.717, 1.165) is 23.7 Å². The second-order valence-corrected chi connectivity index (χ2v) is 6.67. The van der Waals surface area contributed by atoms with Crippen molar-refractivity contribution >= 4 is 17.7 Å². The minimum absolute atomic E-state index is 0.0729. The maximum absolute atomic E-state index is 12.1. The van der Waals surface area contributed by atoms with Crippen LogP contribution in [0.4, 0.5) is 0 Å². The average Bonchev–Trinajstić information content (AvgIpc) is 2.97. The lowest BCUT2D eigenvalue weighted by Gasteiger charge is -2.13. The summed E-state index contributed by atoms with van der Waals surface area (Å²) in [4.78, 5) is 17.5. The number of aromatic nitrogens is 2. The molecule has 2 rings (SSSR count). The molecule has 1 unspecified atom stereocenters. The number of imidazole rings is 1. The van der Waals surface area contributed by atoms with E-state index in [-0.39, 0.29) is 11.2 Å². The Morgan fingerprint density at radius 1 is 1.36 bits per heavy atom. The monoisotopic (exact) mass is 317 g/mol. The lowest BCUT2D eigenvalue weighted by molar-refractivity contribution is -0.120. The molecule has 0 bridgehead atoms. The summed E-state index contributed by atoms with van der Waals surface area (Å²) in [6, 6.07) is 8.25. The molecule has 1 amide bonds. The number of hydrogen-bond donors (Lipinski definition) is 1. The highest BCUT2D eigenvalue weighted by Crippen LogP contribution is 2.23. The molecule has 5 heteroatoms. The van der Waals surface area contributed by atoms with Crippen molar-refractivity contribution in [3.8, 4) is 0 Å². The van der Waals surface area contributed by atoms with Crippen LogP contribution >= 0.6 is 11.8 Å². The fourth-order valence-electron chi connectivity index (χ4n) is 2.18. The number of nitrogens with zero attached hydrogens (tertiary/aromatic N) is 2. The van der Waals surface area contributed by atoms with Crippen molar-refractivity contribution in [2.45, 2.75) is 43.9 Å². The molecule has 0 saturated carbocycles. The van der Waals surface area contributed by atoms with E-state index < -0.39 is 0 Å². The van der Waals surface area contributed by atoms with Gasteiger partial charge in [-0.05, 0) is 26.0 Å². The van der Waals surface area contributed by atoms with Gasteiger partial charge in [0.25, 0.3) is 0 Å². The summed E-state index contributed by atoms with van der Waals surface area (Å²) >= 11 is 1.58. The molecule has 0 spiro atoms. The van der Waals surface area contributed by atoms with Crippen molar-refractivity contribution < 1.29 is 4.79 Å². The van der Waals surface area contributed by atoms with Crippen molar-refractivity contribution in [1.29, 1.82) is 0 Å². The van der Waals surface area contributed by atoms with Gasteiger partial charge in [-0.2, -0.15) is 0 Å². The van der Waals surface area contributed by atoms with Crippen LogP contribution in [-0.2, 0) is 17.8 Å². The molecule has 1 N–H and O–H groups in total. The number of rotatable bonds is 7. The van der Waals surface area contributed by atoms with Crippen LogP contribution in [0.25, 0.3) is 0 Å². The van der Waals surface area contributed by atoms with Crippen LogP contribution in [0, 0.1) is 6.92 Å². The normalized spacial score (nSPS) is 12.1. The molecular formula is C17H23N3OS. The fraction of sp³-hybridized carbons (Fsp3) is 0.412. The molecule has 2 aromatic rings. The van der Waals surface area contributed by atoms with Crippen molar-refractivity contribution in [2.75, 3.05) is 6.54 Å². The van der Waals surface area contributed by atoms with Crippen LogP contribution < -0.4 is 5.32 Å². The first-order chi connectivity index (χ1) is 10.6. The van der Waals surface area contributed by atoms with Crippen LogP contribution in [-0.4, -0.2) is 27.3 Å². The topological polar surface area (TPSA) is 46.9 Å². The molecular weight excluding hydrogens is 294 g/mol. The Morgan fingerprint density at radius 3 is 2.77 bits per heavy atom. The number of carbonyl (C=O) groups excluding carboxylic acids is 1. The van der Waals surface area contributed by atoms with Crippen molar-refractivity contribution in [2.24, 2.45) is 0 Å². The van der Waals surface area contributed by atoms with Crippen LogP contribution in [0.1, 0.15) is 25.2 Å². The molecule has 0 aliphatic heterocycles. The number of nitrogens with one attached hydrogen (secondary N) is 1. The Bertz CT molecular complexity index is 607. The van der Waals surface area contributed by atoms with Crippen LogP contribution in [0.2, 0.25) is 0 Å². The molecule has 0 aliphatic rings. The number of benzene rings is 1. The highest BCUT2D eigenvalue weighted by atomic mass is 32.2. The van der Waals surface area contributed by atoms with Crippen LogP contribution in [0.5, 0.6) is 0 Å². The van der Waals surface area contributed by atoms with Gasteiger partial charge in [-0.25, -0.2) is 4.98 Å². The Hall–Kier alpha value is -1.75. The number of carbonyl (C=O) groups is 1. The summed E-state index contributed by atoms with van der Waals surface area (Å²) in [7, 11) is 0. The fourth-order valence-corrected chi connectivity index (χ4v) is 3.07. The first kappa shape index (κ1) is 16.6. The van der Waals surface area contributed by atoms with E-state index in [2.05, 4.69) is 53.0 Å². The van der Waals surface area contributed by atoms with E-state index in [1.807, 2.05) is 13.1 Å². The predicted octanol–water partition coefficient (Wildman–Crippen LogP) is 3.05. The van der Waals surface area contributed by atoms with E-state index >= 15 is 0 Å². The molecule has 22 heavy (non-hydrogen) atoms. The molecule has 1 atom stereocenters. The molecule has 0 radical (unpaired) electrons. The zero-order chi connectivity index (χ0) is 15.9. The largest absolute Gasteiger partial charge is 0.353 e. The Kier molecular flexibility index (Phi) is 6.07. The number of thioether (sulfide) groups is 1. The molecule has 0 saturated heterocycles. The second kappa shape index (κ2) is 8.03. The van der Waals surface area contributed by atoms with Crippen LogP contribution in [0.15, 0.2) is 41.6 Å². The minimum atomic E-state index is -0.101. The lowest BCUT2D eigenvalue weighted by Crippen LogP contribution is -2.33. The first-order valence-corrected chi connectivity index (χ1v) is 8.49. The van der Waals surface area contributed by atoms with Gasteiger partial charge in [0, 0.05) is 36.8 Å². The number of hydrogen-bond acceptors (Lipinski definition) is 3. The zero-order valence-corrected chi connectivity index (χ0v) is 14.2. The number of aryl methyl sites for hydroxylation is 2. The first-order valence-electron chi connectivity index (χ1n) is 7.61. The summed E-state index contributed by atoms with van der Waals surface area (Å²) in [5, 5.41) is 2.89. The summed E-state index contributed by atoms with van der Waals surface area (Å²) in [5.74, 6) is 1.13. The van der Waals surface area contributed by atoms with Gasteiger partial charge in [-0.15, -0.1) is 11.8 Å². The standard InChI is InChI=1S/C17H23N3OS/c1-4-16-18-9-11-20(16)12-10-19-17(21)14(3)22-15-7-5-13(2)6-8-15/h5-9,11,14H,4,10,12H2,1-3H3,(H,19,21).